The molecule has 0 aliphatic carbocycles. The molecule has 1 aliphatic rings. The number of rotatable bonds is 7. The van der Waals surface area contributed by atoms with E-state index < -0.39 is 15.9 Å². The summed E-state index contributed by atoms with van der Waals surface area (Å²) in [5.74, 6) is 0.705. The Hall–Kier alpha value is -3.17. The van der Waals surface area contributed by atoms with Gasteiger partial charge >= 0.3 is 0 Å². The molecule has 0 atom stereocenters. The Kier molecular flexibility index (Phi) is 5.56. The van der Waals surface area contributed by atoms with Crippen LogP contribution in [0.25, 0.3) is 10.8 Å². The van der Waals surface area contributed by atoms with Gasteiger partial charge in [-0.1, -0.05) is 19.1 Å². The third kappa shape index (κ3) is 3.94. The smallest absolute Gasteiger partial charge is 0.244 e. The second kappa shape index (κ2) is 8.29. The molecule has 0 unspecified atom stereocenters. The molecule has 0 radical (unpaired) electrons. The topological polar surface area (TPSA) is 97.8 Å². The largest absolute Gasteiger partial charge is 0.454 e. The fourth-order valence-corrected chi connectivity index (χ4v) is 5.03. The van der Waals surface area contributed by atoms with Gasteiger partial charge in [-0.05, 0) is 30.7 Å². The number of hydrogen-bond acceptors (Lipinski definition) is 6. The molecule has 3 aromatic rings. The van der Waals surface area contributed by atoms with Crippen LogP contribution in [0.2, 0.25) is 0 Å². The van der Waals surface area contributed by atoms with Crippen molar-refractivity contribution in [3.8, 4) is 11.5 Å². The maximum absolute atomic E-state index is 13.4. The number of aromatic nitrogens is 1. The maximum Gasteiger partial charge on any atom is 0.244 e. The van der Waals surface area contributed by atoms with Crippen molar-refractivity contribution in [3.05, 3.63) is 54.9 Å². The average Bonchev–Trinajstić information content (AvgIpc) is 3.21. The van der Waals surface area contributed by atoms with Crippen LogP contribution in [-0.4, -0.2) is 43.5 Å². The lowest BCUT2D eigenvalue weighted by atomic mass is 10.2. The monoisotopic (exact) mass is 427 g/mol. The Morgan fingerprint density at radius 3 is 2.83 bits per heavy atom. The summed E-state index contributed by atoms with van der Waals surface area (Å²) in [4.78, 5) is 16.8. The first-order chi connectivity index (χ1) is 14.5. The van der Waals surface area contributed by atoms with Crippen LogP contribution in [0, 0.1) is 0 Å². The maximum atomic E-state index is 13.4. The van der Waals surface area contributed by atoms with E-state index >= 15 is 0 Å². The second-order valence-electron chi connectivity index (χ2n) is 6.81. The summed E-state index contributed by atoms with van der Waals surface area (Å²) in [6.07, 6.45) is 3.74. The number of carbonyl (C=O) groups excluding carboxylic acids is 1. The molecule has 9 heteroatoms. The first-order valence-corrected chi connectivity index (χ1v) is 11.0. The Morgan fingerprint density at radius 2 is 2.00 bits per heavy atom. The molecule has 0 spiro atoms. The number of ether oxygens (including phenoxy) is 2. The molecule has 4 rings (SSSR count). The van der Waals surface area contributed by atoms with E-state index in [0.29, 0.717) is 29.0 Å². The molecule has 1 N–H and O–H groups in total. The van der Waals surface area contributed by atoms with Crippen LogP contribution in [0.5, 0.6) is 11.5 Å². The number of benzene rings is 2. The molecule has 0 saturated carbocycles. The van der Waals surface area contributed by atoms with Crippen molar-refractivity contribution in [2.24, 2.45) is 0 Å². The molecule has 2 heterocycles. The molecule has 1 aliphatic heterocycles. The van der Waals surface area contributed by atoms with Gasteiger partial charge in [0.2, 0.25) is 22.7 Å². The highest BCUT2D eigenvalue weighted by Gasteiger charge is 2.28. The van der Waals surface area contributed by atoms with Crippen LogP contribution < -0.4 is 14.8 Å². The number of anilines is 1. The number of carbonyl (C=O) groups is 1. The number of sulfonamides is 1. The fourth-order valence-electron chi connectivity index (χ4n) is 3.33. The number of hydrogen-bond donors (Lipinski definition) is 1. The Morgan fingerprint density at radius 1 is 1.17 bits per heavy atom. The lowest BCUT2D eigenvalue weighted by Crippen LogP contribution is -2.38. The predicted molar refractivity (Wildman–Crippen MR) is 112 cm³/mol. The highest BCUT2D eigenvalue weighted by molar-refractivity contribution is 7.89. The lowest BCUT2D eigenvalue weighted by molar-refractivity contribution is -0.116. The van der Waals surface area contributed by atoms with E-state index in [0.717, 1.165) is 5.39 Å². The number of pyridine rings is 1. The molecule has 30 heavy (non-hydrogen) atoms. The van der Waals surface area contributed by atoms with Gasteiger partial charge in [0.15, 0.2) is 11.5 Å². The van der Waals surface area contributed by atoms with Gasteiger partial charge in [-0.2, -0.15) is 4.31 Å². The molecule has 2 aromatic carbocycles. The van der Waals surface area contributed by atoms with E-state index in [1.165, 1.54) is 4.31 Å². The Labute approximate surface area is 174 Å². The minimum atomic E-state index is -3.89. The molecular weight excluding hydrogens is 406 g/mol. The number of nitrogens with zero attached hydrogens (tertiary/aromatic N) is 2. The summed E-state index contributed by atoms with van der Waals surface area (Å²) in [6, 6.07) is 11.7. The molecule has 0 bridgehead atoms. The molecule has 156 valence electrons. The third-order valence-corrected chi connectivity index (χ3v) is 6.61. The zero-order chi connectivity index (χ0) is 21.1. The van der Waals surface area contributed by atoms with Gasteiger partial charge in [0.05, 0.1) is 11.4 Å². The van der Waals surface area contributed by atoms with E-state index in [9.17, 15) is 13.2 Å². The van der Waals surface area contributed by atoms with Crippen molar-refractivity contribution in [1.29, 1.82) is 0 Å². The van der Waals surface area contributed by atoms with Crippen molar-refractivity contribution in [2.75, 3.05) is 25.2 Å². The van der Waals surface area contributed by atoms with Gasteiger partial charge in [0.25, 0.3) is 0 Å². The Bertz CT molecular complexity index is 1190. The Balaban J connectivity index is 1.57. The van der Waals surface area contributed by atoms with Crippen LogP contribution in [0.4, 0.5) is 5.69 Å². The minimum Gasteiger partial charge on any atom is -0.454 e. The predicted octanol–water partition coefficient (Wildman–Crippen LogP) is 3.00. The lowest BCUT2D eigenvalue weighted by Gasteiger charge is -2.22. The highest BCUT2D eigenvalue weighted by Crippen LogP contribution is 2.34. The second-order valence-corrected chi connectivity index (χ2v) is 8.71. The van der Waals surface area contributed by atoms with E-state index in [2.05, 4.69) is 10.3 Å². The third-order valence-electron chi connectivity index (χ3n) is 4.71. The molecule has 8 nitrogen and oxygen atoms in total. The summed E-state index contributed by atoms with van der Waals surface area (Å²) in [5, 5.41) is 4.03. The fraction of sp³-hybridized carbons (Fsp3) is 0.238. The molecular formula is C21H21N3O5S. The van der Waals surface area contributed by atoms with Crippen LogP contribution >= 0.6 is 0 Å². The van der Waals surface area contributed by atoms with Crippen LogP contribution in [-0.2, 0) is 14.8 Å². The van der Waals surface area contributed by atoms with E-state index in [1.807, 2.05) is 6.92 Å². The average molecular weight is 427 g/mol. The summed E-state index contributed by atoms with van der Waals surface area (Å²) in [5.41, 5.74) is 0.509. The standard InChI is InChI=1S/C21H21N3O5S/c1-2-10-24(13-21(25)23-16-6-7-18-19(11-16)29-14-28-18)30(26,27)20-5-3-4-15-12-22-9-8-17(15)20/h3-9,11-12H,2,10,13-14H2,1H3,(H,23,25). The van der Waals surface area contributed by atoms with Gasteiger partial charge in [-0.25, -0.2) is 8.42 Å². The summed E-state index contributed by atoms with van der Waals surface area (Å²) in [7, 11) is -3.89. The quantitative estimate of drug-likeness (QED) is 0.623. The normalized spacial score (nSPS) is 13.0. The van der Waals surface area contributed by atoms with Crippen LogP contribution in [0.1, 0.15) is 13.3 Å². The SMILES string of the molecule is CCCN(CC(=O)Nc1ccc2c(c1)OCO2)S(=O)(=O)c1cccc2cnccc12. The van der Waals surface area contributed by atoms with Crippen molar-refractivity contribution in [2.45, 2.75) is 18.2 Å². The zero-order valence-electron chi connectivity index (χ0n) is 16.4. The first-order valence-electron chi connectivity index (χ1n) is 9.51. The van der Waals surface area contributed by atoms with Crippen LogP contribution in [0.15, 0.2) is 59.8 Å². The number of fused-ring (bicyclic) bond motifs is 2. The van der Waals surface area contributed by atoms with Gasteiger partial charge < -0.3 is 14.8 Å². The molecule has 0 saturated heterocycles. The van der Waals surface area contributed by atoms with Gasteiger partial charge in [-0.3, -0.25) is 9.78 Å². The first kappa shape index (κ1) is 20.1. The number of amides is 1. The zero-order valence-corrected chi connectivity index (χ0v) is 17.2. The minimum absolute atomic E-state index is 0.135. The van der Waals surface area contributed by atoms with E-state index in [1.54, 1.807) is 54.9 Å². The van der Waals surface area contributed by atoms with E-state index in [-0.39, 0.29) is 24.8 Å². The van der Waals surface area contributed by atoms with Crippen LogP contribution in [0.3, 0.4) is 0 Å². The van der Waals surface area contributed by atoms with Crippen molar-refractivity contribution in [1.82, 2.24) is 9.29 Å². The summed E-state index contributed by atoms with van der Waals surface area (Å²) in [6.45, 7) is 1.92. The highest BCUT2D eigenvalue weighted by atomic mass is 32.2. The summed E-state index contributed by atoms with van der Waals surface area (Å²) < 4.78 is 38.5. The molecule has 1 amide bonds. The molecule has 0 fully saturated rings. The van der Waals surface area contributed by atoms with Crippen molar-refractivity contribution < 1.29 is 22.7 Å². The van der Waals surface area contributed by atoms with Crippen molar-refractivity contribution >= 4 is 32.4 Å². The van der Waals surface area contributed by atoms with E-state index in [4.69, 9.17) is 9.47 Å². The van der Waals surface area contributed by atoms with Gasteiger partial charge in [-0.15, -0.1) is 0 Å². The van der Waals surface area contributed by atoms with Gasteiger partial charge in [0.1, 0.15) is 0 Å². The summed E-state index contributed by atoms with van der Waals surface area (Å²) >= 11 is 0. The van der Waals surface area contributed by atoms with Crippen molar-refractivity contribution in [3.63, 3.8) is 0 Å². The van der Waals surface area contributed by atoms with Gasteiger partial charge in [0, 0.05) is 41.5 Å². The number of nitrogens with one attached hydrogen (secondary N) is 1. The molecule has 1 aromatic heterocycles.